The van der Waals surface area contributed by atoms with Gasteiger partial charge >= 0.3 is 0 Å². The van der Waals surface area contributed by atoms with Crippen molar-refractivity contribution in [1.82, 2.24) is 9.88 Å². The maximum absolute atomic E-state index is 12.6. The molecule has 1 aromatic heterocycles. The van der Waals surface area contributed by atoms with E-state index in [1.54, 1.807) is 24.4 Å². The maximum atomic E-state index is 12.6. The van der Waals surface area contributed by atoms with Crippen LogP contribution >= 0.6 is 0 Å². The molecule has 5 nitrogen and oxygen atoms in total. The third-order valence-electron chi connectivity index (χ3n) is 3.73. The summed E-state index contributed by atoms with van der Waals surface area (Å²) in [7, 11) is 1.61. The van der Waals surface area contributed by atoms with Gasteiger partial charge in [-0.05, 0) is 29.7 Å². The van der Waals surface area contributed by atoms with Gasteiger partial charge in [0.25, 0.3) is 0 Å². The Morgan fingerprint density at radius 3 is 2.67 bits per heavy atom. The molecule has 1 heterocycles. The molecule has 2 aromatic rings. The second kappa shape index (κ2) is 9.80. The van der Waals surface area contributed by atoms with Crippen LogP contribution in [-0.2, 0) is 27.4 Å². The molecule has 0 saturated carbocycles. The number of rotatable bonds is 9. The topological polar surface area (TPSA) is 51.7 Å². The first-order valence-electron chi connectivity index (χ1n) is 7.98. The molecule has 0 spiro atoms. The van der Waals surface area contributed by atoms with Gasteiger partial charge in [0, 0.05) is 32.6 Å². The molecular weight excluding hydrogens is 304 g/mol. The van der Waals surface area contributed by atoms with Crippen molar-refractivity contribution in [2.24, 2.45) is 0 Å². The number of pyridine rings is 1. The number of methoxy groups -OCH3 is 1. The molecule has 0 bridgehead atoms. The van der Waals surface area contributed by atoms with E-state index in [9.17, 15) is 4.79 Å². The summed E-state index contributed by atoms with van der Waals surface area (Å²) in [6.07, 6.45) is 3.51. The first-order chi connectivity index (χ1) is 11.7. The molecular formula is C19H24N2O3. The Hall–Kier alpha value is -2.24. The van der Waals surface area contributed by atoms with E-state index in [4.69, 9.17) is 9.47 Å². The fraction of sp³-hybridized carbons (Fsp3) is 0.368. The average Bonchev–Trinajstić information content (AvgIpc) is 2.61. The van der Waals surface area contributed by atoms with Gasteiger partial charge in [-0.15, -0.1) is 0 Å². The largest absolute Gasteiger partial charge is 0.382 e. The summed E-state index contributed by atoms with van der Waals surface area (Å²) in [4.78, 5) is 18.5. The fourth-order valence-corrected chi connectivity index (χ4v) is 2.33. The number of aromatic nitrogens is 1. The molecule has 0 aliphatic heterocycles. The highest BCUT2D eigenvalue weighted by Crippen LogP contribution is 2.13. The summed E-state index contributed by atoms with van der Waals surface area (Å²) < 4.78 is 10.3. The predicted molar refractivity (Wildman–Crippen MR) is 92.4 cm³/mol. The van der Waals surface area contributed by atoms with E-state index in [-0.39, 0.29) is 12.5 Å². The lowest BCUT2D eigenvalue weighted by Gasteiger charge is -2.24. The fourth-order valence-electron chi connectivity index (χ4n) is 2.33. The quantitative estimate of drug-likeness (QED) is 0.664. The van der Waals surface area contributed by atoms with Gasteiger partial charge < -0.3 is 14.4 Å². The Bertz CT molecular complexity index is 632. The van der Waals surface area contributed by atoms with Crippen LogP contribution in [0, 0.1) is 6.92 Å². The van der Waals surface area contributed by atoms with Crippen molar-refractivity contribution in [3.05, 3.63) is 65.5 Å². The SMILES string of the molecule is COCCOCC(=O)N(Cc1cccnc1)Cc1ccccc1C. The summed E-state index contributed by atoms with van der Waals surface area (Å²) in [5.41, 5.74) is 3.30. The zero-order valence-electron chi connectivity index (χ0n) is 14.3. The molecule has 128 valence electrons. The lowest BCUT2D eigenvalue weighted by atomic mass is 10.1. The van der Waals surface area contributed by atoms with E-state index < -0.39 is 0 Å². The Kier molecular flexibility index (Phi) is 7.39. The van der Waals surface area contributed by atoms with Gasteiger partial charge in [0.15, 0.2) is 0 Å². The van der Waals surface area contributed by atoms with E-state index in [1.165, 1.54) is 5.56 Å². The number of hydrogen-bond donors (Lipinski definition) is 0. The third-order valence-corrected chi connectivity index (χ3v) is 3.73. The van der Waals surface area contributed by atoms with Crippen molar-refractivity contribution in [1.29, 1.82) is 0 Å². The van der Waals surface area contributed by atoms with Crippen LogP contribution in [0.3, 0.4) is 0 Å². The lowest BCUT2D eigenvalue weighted by Crippen LogP contribution is -2.33. The number of carbonyl (C=O) groups excluding carboxylic acids is 1. The van der Waals surface area contributed by atoms with Crippen LogP contribution in [0.4, 0.5) is 0 Å². The molecule has 5 heteroatoms. The number of nitrogens with zero attached hydrogens (tertiary/aromatic N) is 2. The molecule has 0 aliphatic rings. The molecule has 0 aliphatic carbocycles. The first-order valence-corrected chi connectivity index (χ1v) is 7.98. The summed E-state index contributed by atoms with van der Waals surface area (Å²) in [6, 6.07) is 11.9. The summed E-state index contributed by atoms with van der Waals surface area (Å²) >= 11 is 0. The minimum atomic E-state index is -0.0433. The molecule has 1 amide bonds. The number of ether oxygens (including phenoxy) is 2. The van der Waals surface area contributed by atoms with Crippen LogP contribution < -0.4 is 0 Å². The minimum Gasteiger partial charge on any atom is -0.382 e. The van der Waals surface area contributed by atoms with Gasteiger partial charge in [0.1, 0.15) is 6.61 Å². The van der Waals surface area contributed by atoms with E-state index in [0.717, 1.165) is 11.1 Å². The Balaban J connectivity index is 2.06. The second-order valence-corrected chi connectivity index (χ2v) is 5.58. The zero-order valence-corrected chi connectivity index (χ0v) is 14.3. The van der Waals surface area contributed by atoms with Gasteiger partial charge in [0.05, 0.1) is 13.2 Å². The monoisotopic (exact) mass is 328 g/mol. The number of amides is 1. The molecule has 24 heavy (non-hydrogen) atoms. The Labute approximate surface area is 143 Å². The molecule has 0 radical (unpaired) electrons. The van der Waals surface area contributed by atoms with Gasteiger partial charge in [-0.3, -0.25) is 9.78 Å². The highest BCUT2D eigenvalue weighted by molar-refractivity contribution is 5.77. The van der Waals surface area contributed by atoms with Crippen molar-refractivity contribution in [2.75, 3.05) is 26.9 Å². The van der Waals surface area contributed by atoms with Crippen LogP contribution in [0.2, 0.25) is 0 Å². The van der Waals surface area contributed by atoms with E-state index in [0.29, 0.717) is 26.3 Å². The maximum Gasteiger partial charge on any atom is 0.249 e. The molecule has 1 aromatic carbocycles. The first kappa shape index (κ1) is 18.1. The van der Waals surface area contributed by atoms with Crippen molar-refractivity contribution < 1.29 is 14.3 Å². The smallest absolute Gasteiger partial charge is 0.249 e. The van der Waals surface area contributed by atoms with Crippen molar-refractivity contribution in [3.63, 3.8) is 0 Å². The minimum absolute atomic E-state index is 0.0433. The number of benzene rings is 1. The van der Waals surface area contributed by atoms with Crippen molar-refractivity contribution in [2.45, 2.75) is 20.0 Å². The second-order valence-electron chi connectivity index (χ2n) is 5.58. The van der Waals surface area contributed by atoms with Crippen molar-refractivity contribution in [3.8, 4) is 0 Å². The van der Waals surface area contributed by atoms with E-state index in [1.807, 2.05) is 30.3 Å². The van der Waals surface area contributed by atoms with Crippen LogP contribution in [0.25, 0.3) is 0 Å². The molecule has 2 rings (SSSR count). The average molecular weight is 328 g/mol. The number of hydrogen-bond acceptors (Lipinski definition) is 4. The van der Waals surface area contributed by atoms with Gasteiger partial charge in [-0.25, -0.2) is 0 Å². The normalized spacial score (nSPS) is 10.6. The van der Waals surface area contributed by atoms with E-state index >= 15 is 0 Å². The van der Waals surface area contributed by atoms with Crippen LogP contribution in [-0.4, -0.2) is 42.7 Å². The standard InChI is InChI=1S/C19H24N2O3/c1-16-6-3-4-8-18(16)14-21(13-17-7-5-9-20-12-17)19(22)15-24-11-10-23-2/h3-9,12H,10-11,13-15H2,1-2H3. The Morgan fingerprint density at radius 1 is 1.12 bits per heavy atom. The molecule has 0 saturated heterocycles. The van der Waals surface area contributed by atoms with Crippen molar-refractivity contribution >= 4 is 5.91 Å². The third kappa shape index (κ3) is 5.76. The summed E-state index contributed by atoms with van der Waals surface area (Å²) in [5.74, 6) is -0.0433. The lowest BCUT2D eigenvalue weighted by molar-refractivity contribution is -0.137. The molecule has 0 N–H and O–H groups in total. The zero-order chi connectivity index (χ0) is 17.2. The van der Waals surface area contributed by atoms with Gasteiger partial charge in [0.2, 0.25) is 5.91 Å². The highest BCUT2D eigenvalue weighted by atomic mass is 16.5. The molecule has 0 unspecified atom stereocenters. The Morgan fingerprint density at radius 2 is 1.96 bits per heavy atom. The van der Waals surface area contributed by atoms with Crippen LogP contribution in [0.15, 0.2) is 48.8 Å². The molecule has 0 atom stereocenters. The molecule has 0 fully saturated rings. The predicted octanol–water partition coefficient (Wildman–Crippen LogP) is 2.58. The summed E-state index contributed by atoms with van der Waals surface area (Å²) in [5, 5.41) is 0. The summed E-state index contributed by atoms with van der Waals surface area (Å²) in [6.45, 7) is 4.05. The number of aryl methyl sites for hydroxylation is 1. The number of carbonyl (C=O) groups is 1. The van der Waals surface area contributed by atoms with Gasteiger partial charge in [-0.2, -0.15) is 0 Å². The van der Waals surface area contributed by atoms with Crippen LogP contribution in [0.5, 0.6) is 0 Å². The van der Waals surface area contributed by atoms with E-state index in [2.05, 4.69) is 18.0 Å². The van der Waals surface area contributed by atoms with Crippen LogP contribution in [0.1, 0.15) is 16.7 Å². The highest BCUT2D eigenvalue weighted by Gasteiger charge is 2.16. The van der Waals surface area contributed by atoms with Gasteiger partial charge in [-0.1, -0.05) is 30.3 Å².